The molecule has 23 heavy (non-hydrogen) atoms. The van der Waals surface area contributed by atoms with E-state index in [0.717, 1.165) is 10.9 Å². The molecule has 0 aliphatic carbocycles. The highest BCUT2D eigenvalue weighted by molar-refractivity contribution is 6.28. The van der Waals surface area contributed by atoms with Crippen LogP contribution in [-0.2, 0) is 4.74 Å². The smallest absolute Gasteiger partial charge is 0.420 e. The molecule has 0 radical (unpaired) electrons. The van der Waals surface area contributed by atoms with Crippen molar-refractivity contribution in [3.8, 4) is 11.3 Å². The average Bonchev–Trinajstić information content (AvgIpc) is 2.85. The standard InChI is InChI=1S/C16H15ClN4O2/c1-16(2,3)23-15(22)21-9-11(10-5-4-7-18-13(10)21)12-6-8-19-14(17)20-12/h4-9H,1-3H3. The highest BCUT2D eigenvalue weighted by Crippen LogP contribution is 2.29. The molecular formula is C16H15ClN4O2. The fraction of sp³-hybridized carbons (Fsp3) is 0.250. The van der Waals surface area contributed by atoms with Crippen molar-refractivity contribution >= 4 is 28.7 Å². The lowest BCUT2D eigenvalue weighted by atomic mass is 10.1. The van der Waals surface area contributed by atoms with Crippen molar-refractivity contribution in [3.05, 3.63) is 42.1 Å². The zero-order valence-corrected chi connectivity index (χ0v) is 13.7. The minimum Gasteiger partial charge on any atom is -0.443 e. The maximum Gasteiger partial charge on any atom is 0.420 e. The molecule has 0 aliphatic heterocycles. The van der Waals surface area contributed by atoms with Gasteiger partial charge in [-0.1, -0.05) is 0 Å². The molecule has 0 saturated carbocycles. The summed E-state index contributed by atoms with van der Waals surface area (Å²) < 4.78 is 6.81. The number of carbonyl (C=O) groups excluding carboxylic acids is 1. The predicted octanol–water partition coefficient (Wildman–Crippen LogP) is 3.93. The summed E-state index contributed by atoms with van der Waals surface area (Å²) in [7, 11) is 0. The van der Waals surface area contributed by atoms with Crippen LogP contribution in [0.25, 0.3) is 22.3 Å². The second-order valence-electron chi connectivity index (χ2n) is 5.98. The van der Waals surface area contributed by atoms with E-state index in [1.165, 1.54) is 4.57 Å². The molecule has 3 aromatic heterocycles. The average molecular weight is 331 g/mol. The van der Waals surface area contributed by atoms with Gasteiger partial charge < -0.3 is 4.74 Å². The second kappa shape index (κ2) is 5.62. The molecule has 0 amide bonds. The number of hydrogen-bond donors (Lipinski definition) is 0. The molecule has 3 heterocycles. The molecule has 3 rings (SSSR count). The van der Waals surface area contributed by atoms with Crippen LogP contribution in [0.5, 0.6) is 0 Å². The van der Waals surface area contributed by atoms with Crippen LogP contribution in [0, 0.1) is 0 Å². The van der Waals surface area contributed by atoms with E-state index < -0.39 is 11.7 Å². The number of nitrogens with zero attached hydrogens (tertiary/aromatic N) is 4. The van der Waals surface area contributed by atoms with E-state index in [-0.39, 0.29) is 5.28 Å². The van der Waals surface area contributed by atoms with Crippen molar-refractivity contribution in [2.45, 2.75) is 26.4 Å². The predicted molar refractivity (Wildman–Crippen MR) is 87.4 cm³/mol. The van der Waals surface area contributed by atoms with Gasteiger partial charge in [-0.3, -0.25) is 0 Å². The topological polar surface area (TPSA) is 69.9 Å². The normalized spacial score (nSPS) is 11.7. The number of rotatable bonds is 1. The maximum absolute atomic E-state index is 12.4. The zero-order valence-electron chi connectivity index (χ0n) is 12.9. The number of carbonyl (C=O) groups is 1. The van der Waals surface area contributed by atoms with Gasteiger partial charge in [-0.05, 0) is 50.6 Å². The Labute approximate surface area is 138 Å². The van der Waals surface area contributed by atoms with Gasteiger partial charge in [-0.25, -0.2) is 24.3 Å². The van der Waals surface area contributed by atoms with E-state index in [9.17, 15) is 4.79 Å². The lowest BCUT2D eigenvalue weighted by molar-refractivity contribution is 0.0544. The van der Waals surface area contributed by atoms with Crippen molar-refractivity contribution in [1.82, 2.24) is 19.5 Å². The number of aromatic nitrogens is 4. The summed E-state index contributed by atoms with van der Waals surface area (Å²) in [5.74, 6) is 0. The Kier molecular flexibility index (Phi) is 3.77. The van der Waals surface area contributed by atoms with Gasteiger partial charge in [0, 0.05) is 29.5 Å². The van der Waals surface area contributed by atoms with Crippen molar-refractivity contribution < 1.29 is 9.53 Å². The van der Waals surface area contributed by atoms with Gasteiger partial charge in [0.2, 0.25) is 5.28 Å². The zero-order chi connectivity index (χ0) is 16.6. The number of hydrogen-bond acceptors (Lipinski definition) is 5. The van der Waals surface area contributed by atoms with Gasteiger partial charge in [0.05, 0.1) is 5.69 Å². The fourth-order valence-corrected chi connectivity index (χ4v) is 2.35. The quantitative estimate of drug-likeness (QED) is 0.632. The molecule has 0 fully saturated rings. The Hall–Kier alpha value is -2.47. The van der Waals surface area contributed by atoms with Gasteiger partial charge in [0.25, 0.3) is 0 Å². The molecule has 0 unspecified atom stereocenters. The van der Waals surface area contributed by atoms with Gasteiger partial charge in [0.1, 0.15) is 11.2 Å². The minimum absolute atomic E-state index is 0.143. The molecule has 3 aromatic rings. The van der Waals surface area contributed by atoms with Crippen LogP contribution < -0.4 is 0 Å². The van der Waals surface area contributed by atoms with Crippen molar-refractivity contribution in [3.63, 3.8) is 0 Å². The monoisotopic (exact) mass is 330 g/mol. The molecule has 0 atom stereocenters. The Morgan fingerprint density at radius 3 is 2.70 bits per heavy atom. The second-order valence-corrected chi connectivity index (χ2v) is 6.32. The third kappa shape index (κ3) is 3.17. The Balaban J connectivity index is 2.16. The Morgan fingerprint density at radius 2 is 2.00 bits per heavy atom. The first-order valence-corrected chi connectivity index (χ1v) is 7.41. The number of ether oxygens (including phenoxy) is 1. The van der Waals surface area contributed by atoms with E-state index in [4.69, 9.17) is 16.3 Å². The molecule has 6 nitrogen and oxygen atoms in total. The minimum atomic E-state index is -0.596. The van der Waals surface area contributed by atoms with Crippen LogP contribution in [-0.4, -0.2) is 31.2 Å². The summed E-state index contributed by atoms with van der Waals surface area (Å²) in [6.07, 6.45) is 4.36. The lowest BCUT2D eigenvalue weighted by Gasteiger charge is -2.19. The molecule has 118 valence electrons. The molecule has 0 saturated heterocycles. The van der Waals surface area contributed by atoms with Crippen LogP contribution in [0.4, 0.5) is 4.79 Å². The molecule has 0 aromatic carbocycles. The Bertz CT molecular complexity index is 883. The fourth-order valence-electron chi connectivity index (χ4n) is 2.20. The number of halogens is 1. The van der Waals surface area contributed by atoms with Gasteiger partial charge in [-0.15, -0.1) is 0 Å². The molecule has 7 heteroatoms. The van der Waals surface area contributed by atoms with E-state index >= 15 is 0 Å². The lowest BCUT2D eigenvalue weighted by Crippen LogP contribution is -2.26. The van der Waals surface area contributed by atoms with Crippen LogP contribution in [0.2, 0.25) is 5.28 Å². The summed E-state index contributed by atoms with van der Waals surface area (Å²) in [5, 5.41) is 0.928. The summed E-state index contributed by atoms with van der Waals surface area (Å²) in [5.41, 5.74) is 1.26. The van der Waals surface area contributed by atoms with Crippen molar-refractivity contribution in [2.24, 2.45) is 0 Å². The van der Waals surface area contributed by atoms with Crippen LogP contribution >= 0.6 is 11.6 Å². The SMILES string of the molecule is CC(C)(C)OC(=O)n1cc(-c2ccnc(Cl)n2)c2cccnc21. The van der Waals surface area contributed by atoms with E-state index in [0.29, 0.717) is 11.3 Å². The first-order chi connectivity index (χ1) is 10.8. The van der Waals surface area contributed by atoms with E-state index in [1.807, 2.05) is 26.8 Å². The third-order valence-corrected chi connectivity index (χ3v) is 3.24. The van der Waals surface area contributed by atoms with Gasteiger partial charge >= 0.3 is 6.09 Å². The van der Waals surface area contributed by atoms with E-state index in [2.05, 4.69) is 15.0 Å². The first kappa shape index (κ1) is 15.4. The molecule has 0 spiro atoms. The molecule has 0 aliphatic rings. The highest BCUT2D eigenvalue weighted by atomic mass is 35.5. The summed E-state index contributed by atoms with van der Waals surface area (Å²) in [6.45, 7) is 5.44. The van der Waals surface area contributed by atoms with Gasteiger partial charge in [0.15, 0.2) is 0 Å². The third-order valence-electron chi connectivity index (χ3n) is 3.06. The summed E-state index contributed by atoms with van der Waals surface area (Å²) >= 11 is 5.87. The summed E-state index contributed by atoms with van der Waals surface area (Å²) in [6, 6.07) is 5.40. The number of pyridine rings is 1. The molecular weight excluding hydrogens is 316 g/mol. The molecule has 0 bridgehead atoms. The van der Waals surface area contributed by atoms with Gasteiger partial charge in [-0.2, -0.15) is 0 Å². The molecule has 0 N–H and O–H groups in total. The van der Waals surface area contributed by atoms with E-state index in [1.54, 1.807) is 30.7 Å². The largest absolute Gasteiger partial charge is 0.443 e. The van der Waals surface area contributed by atoms with Crippen molar-refractivity contribution in [2.75, 3.05) is 0 Å². The van der Waals surface area contributed by atoms with Crippen LogP contribution in [0.3, 0.4) is 0 Å². The highest BCUT2D eigenvalue weighted by Gasteiger charge is 2.22. The first-order valence-electron chi connectivity index (χ1n) is 7.03. The Morgan fingerprint density at radius 1 is 1.22 bits per heavy atom. The van der Waals surface area contributed by atoms with Crippen LogP contribution in [0.15, 0.2) is 36.8 Å². The van der Waals surface area contributed by atoms with Crippen molar-refractivity contribution in [1.29, 1.82) is 0 Å². The summed E-state index contributed by atoms with van der Waals surface area (Å²) in [4.78, 5) is 24.8. The maximum atomic E-state index is 12.4. The van der Waals surface area contributed by atoms with Crippen LogP contribution in [0.1, 0.15) is 20.8 Å². The number of fused-ring (bicyclic) bond motifs is 1.